The van der Waals surface area contributed by atoms with E-state index < -0.39 is 0 Å². The SMILES string of the molecule is Cc1ccc2cc(C(=O)CC3CCNCC3)ccc2c1. The van der Waals surface area contributed by atoms with E-state index in [0.29, 0.717) is 18.1 Å². The van der Waals surface area contributed by atoms with Crippen LogP contribution in [-0.4, -0.2) is 18.9 Å². The highest BCUT2D eigenvalue weighted by Crippen LogP contribution is 2.22. The molecule has 0 saturated carbocycles. The van der Waals surface area contributed by atoms with Gasteiger partial charge in [-0.1, -0.05) is 35.9 Å². The van der Waals surface area contributed by atoms with Crippen molar-refractivity contribution in [3.8, 4) is 0 Å². The minimum Gasteiger partial charge on any atom is -0.317 e. The smallest absolute Gasteiger partial charge is 0.163 e. The maximum absolute atomic E-state index is 12.4. The summed E-state index contributed by atoms with van der Waals surface area (Å²) in [4.78, 5) is 12.4. The molecule has 2 nitrogen and oxygen atoms in total. The van der Waals surface area contributed by atoms with Gasteiger partial charge >= 0.3 is 0 Å². The quantitative estimate of drug-likeness (QED) is 0.859. The van der Waals surface area contributed by atoms with Crippen LogP contribution in [0.3, 0.4) is 0 Å². The van der Waals surface area contributed by atoms with Crippen molar-refractivity contribution in [3.63, 3.8) is 0 Å². The third-order valence-corrected chi connectivity index (χ3v) is 4.25. The highest BCUT2D eigenvalue weighted by atomic mass is 16.1. The van der Waals surface area contributed by atoms with E-state index in [-0.39, 0.29) is 0 Å². The average Bonchev–Trinajstić information content (AvgIpc) is 2.47. The molecule has 1 aliphatic rings. The van der Waals surface area contributed by atoms with Crippen LogP contribution in [0.15, 0.2) is 36.4 Å². The monoisotopic (exact) mass is 267 g/mol. The lowest BCUT2D eigenvalue weighted by Crippen LogP contribution is -2.28. The largest absolute Gasteiger partial charge is 0.317 e. The van der Waals surface area contributed by atoms with Gasteiger partial charge in [0.15, 0.2) is 5.78 Å². The summed E-state index contributed by atoms with van der Waals surface area (Å²) in [6.45, 7) is 4.19. The van der Waals surface area contributed by atoms with Gasteiger partial charge in [0.1, 0.15) is 0 Å². The topological polar surface area (TPSA) is 29.1 Å². The fourth-order valence-electron chi connectivity index (χ4n) is 3.00. The van der Waals surface area contributed by atoms with Crippen LogP contribution in [-0.2, 0) is 0 Å². The van der Waals surface area contributed by atoms with E-state index in [2.05, 4.69) is 36.5 Å². The van der Waals surface area contributed by atoms with Gasteiger partial charge in [-0.25, -0.2) is 0 Å². The lowest BCUT2D eigenvalue weighted by molar-refractivity contribution is 0.0952. The molecule has 0 spiro atoms. The Kier molecular flexibility index (Phi) is 3.83. The van der Waals surface area contributed by atoms with Crippen LogP contribution < -0.4 is 5.32 Å². The highest BCUT2D eigenvalue weighted by molar-refractivity contribution is 6.00. The fraction of sp³-hybridized carbons (Fsp3) is 0.389. The summed E-state index contributed by atoms with van der Waals surface area (Å²) in [7, 11) is 0. The summed E-state index contributed by atoms with van der Waals surface area (Å²) in [5, 5.41) is 5.72. The summed E-state index contributed by atoms with van der Waals surface area (Å²) in [5.41, 5.74) is 2.12. The van der Waals surface area contributed by atoms with Crippen LogP contribution in [0.25, 0.3) is 10.8 Å². The van der Waals surface area contributed by atoms with Crippen molar-refractivity contribution in [3.05, 3.63) is 47.5 Å². The second-order valence-electron chi connectivity index (χ2n) is 5.89. The predicted octanol–water partition coefficient (Wildman–Crippen LogP) is 3.72. The van der Waals surface area contributed by atoms with Gasteiger partial charge in [0, 0.05) is 12.0 Å². The van der Waals surface area contributed by atoms with Gasteiger partial charge in [0.05, 0.1) is 0 Å². The van der Waals surface area contributed by atoms with E-state index >= 15 is 0 Å². The molecule has 0 unspecified atom stereocenters. The summed E-state index contributed by atoms with van der Waals surface area (Å²) < 4.78 is 0. The average molecular weight is 267 g/mol. The summed E-state index contributed by atoms with van der Waals surface area (Å²) >= 11 is 0. The van der Waals surface area contributed by atoms with Crippen molar-refractivity contribution < 1.29 is 4.79 Å². The van der Waals surface area contributed by atoms with Crippen LogP contribution in [0.2, 0.25) is 0 Å². The van der Waals surface area contributed by atoms with Crippen LogP contribution in [0.5, 0.6) is 0 Å². The lowest BCUT2D eigenvalue weighted by atomic mass is 9.90. The van der Waals surface area contributed by atoms with E-state index in [1.165, 1.54) is 10.9 Å². The van der Waals surface area contributed by atoms with E-state index in [4.69, 9.17) is 0 Å². The molecule has 3 rings (SSSR count). The Bertz CT molecular complexity index is 626. The second kappa shape index (κ2) is 5.76. The third kappa shape index (κ3) is 2.91. The first-order valence-electron chi connectivity index (χ1n) is 7.47. The molecule has 0 bridgehead atoms. The Labute approximate surface area is 120 Å². The molecule has 2 aromatic rings. The number of benzene rings is 2. The van der Waals surface area contributed by atoms with E-state index in [0.717, 1.165) is 36.9 Å². The van der Waals surface area contributed by atoms with Gasteiger partial charge in [-0.2, -0.15) is 0 Å². The third-order valence-electron chi connectivity index (χ3n) is 4.25. The number of Topliss-reactive ketones (excluding diaryl/α,β-unsaturated/α-hetero) is 1. The number of aryl methyl sites for hydroxylation is 1. The molecule has 0 atom stereocenters. The normalized spacial score (nSPS) is 16.4. The first kappa shape index (κ1) is 13.3. The van der Waals surface area contributed by atoms with Gasteiger partial charge < -0.3 is 5.32 Å². The maximum atomic E-state index is 12.4. The number of piperidine rings is 1. The molecule has 1 fully saturated rings. The van der Waals surface area contributed by atoms with Crippen LogP contribution in [0.4, 0.5) is 0 Å². The minimum absolute atomic E-state index is 0.291. The number of fused-ring (bicyclic) bond motifs is 1. The number of hydrogen-bond donors (Lipinski definition) is 1. The van der Waals surface area contributed by atoms with Crippen molar-refractivity contribution in [2.24, 2.45) is 5.92 Å². The van der Waals surface area contributed by atoms with Crippen LogP contribution >= 0.6 is 0 Å². The van der Waals surface area contributed by atoms with E-state index in [1.807, 2.05) is 12.1 Å². The molecule has 1 aliphatic heterocycles. The number of rotatable bonds is 3. The number of nitrogens with one attached hydrogen (secondary N) is 1. The predicted molar refractivity (Wildman–Crippen MR) is 83.2 cm³/mol. The molecule has 1 N–H and O–H groups in total. The molecule has 0 aliphatic carbocycles. The minimum atomic E-state index is 0.291. The van der Waals surface area contributed by atoms with Crippen LogP contribution in [0, 0.1) is 12.8 Å². The van der Waals surface area contributed by atoms with E-state index in [9.17, 15) is 4.79 Å². The number of hydrogen-bond acceptors (Lipinski definition) is 2. The summed E-state index contributed by atoms with van der Waals surface area (Å²) in [5.74, 6) is 0.844. The number of ketones is 1. The molecule has 0 amide bonds. The van der Waals surface area contributed by atoms with Crippen molar-refractivity contribution in [1.82, 2.24) is 5.32 Å². The number of carbonyl (C=O) groups is 1. The Hall–Kier alpha value is -1.67. The van der Waals surface area contributed by atoms with Crippen molar-refractivity contribution in [1.29, 1.82) is 0 Å². The zero-order valence-electron chi connectivity index (χ0n) is 12.0. The molecule has 2 heteroatoms. The maximum Gasteiger partial charge on any atom is 0.163 e. The number of carbonyl (C=O) groups excluding carboxylic acids is 1. The van der Waals surface area contributed by atoms with Gasteiger partial charge in [-0.15, -0.1) is 0 Å². The molecule has 1 heterocycles. The van der Waals surface area contributed by atoms with Crippen LogP contribution in [0.1, 0.15) is 35.2 Å². The molecule has 0 radical (unpaired) electrons. The summed E-state index contributed by atoms with van der Waals surface area (Å²) in [6, 6.07) is 12.5. The van der Waals surface area contributed by atoms with Crippen molar-refractivity contribution in [2.45, 2.75) is 26.2 Å². The molecule has 2 aromatic carbocycles. The molecule has 0 aromatic heterocycles. The van der Waals surface area contributed by atoms with Gasteiger partial charge in [-0.3, -0.25) is 4.79 Å². The lowest BCUT2D eigenvalue weighted by Gasteiger charge is -2.21. The molecular formula is C18H21NO. The van der Waals surface area contributed by atoms with Gasteiger partial charge in [0.2, 0.25) is 0 Å². The van der Waals surface area contributed by atoms with Gasteiger partial charge in [-0.05, 0) is 55.6 Å². The molecule has 104 valence electrons. The molecule has 1 saturated heterocycles. The zero-order chi connectivity index (χ0) is 13.9. The van der Waals surface area contributed by atoms with Crippen molar-refractivity contribution >= 4 is 16.6 Å². The summed E-state index contributed by atoms with van der Waals surface area (Å²) in [6.07, 6.45) is 2.94. The van der Waals surface area contributed by atoms with Crippen molar-refractivity contribution in [2.75, 3.05) is 13.1 Å². The highest BCUT2D eigenvalue weighted by Gasteiger charge is 2.17. The first-order valence-corrected chi connectivity index (χ1v) is 7.47. The zero-order valence-corrected chi connectivity index (χ0v) is 12.0. The first-order chi connectivity index (χ1) is 9.72. The Morgan fingerprint density at radius 3 is 2.60 bits per heavy atom. The van der Waals surface area contributed by atoms with E-state index in [1.54, 1.807) is 0 Å². The van der Waals surface area contributed by atoms with Gasteiger partial charge in [0.25, 0.3) is 0 Å². The molecular weight excluding hydrogens is 246 g/mol. The Morgan fingerprint density at radius 2 is 1.80 bits per heavy atom. The standard InChI is InChI=1S/C18H21NO/c1-13-2-3-16-12-17(5-4-15(16)10-13)18(20)11-14-6-8-19-9-7-14/h2-5,10,12,14,19H,6-9,11H2,1H3. The fourth-order valence-corrected chi connectivity index (χ4v) is 3.00. The molecule has 20 heavy (non-hydrogen) atoms. The Balaban J connectivity index is 1.78. The Morgan fingerprint density at radius 1 is 1.10 bits per heavy atom. The second-order valence-corrected chi connectivity index (χ2v) is 5.89.